The van der Waals surface area contributed by atoms with Crippen molar-refractivity contribution < 1.29 is 5.11 Å². The fourth-order valence-electron chi connectivity index (χ4n) is 2.13. The molecular weight excluding hydrogens is 230 g/mol. The molecule has 0 unspecified atom stereocenters. The van der Waals surface area contributed by atoms with Crippen LogP contribution in [-0.4, -0.2) is 66.7 Å². The van der Waals surface area contributed by atoms with Crippen molar-refractivity contribution in [2.75, 3.05) is 45.9 Å². The zero-order valence-corrected chi connectivity index (χ0v) is 11.4. The van der Waals surface area contributed by atoms with Crippen molar-refractivity contribution in [2.24, 2.45) is 10.8 Å². The van der Waals surface area contributed by atoms with Gasteiger partial charge in [0.2, 0.25) is 5.96 Å². The summed E-state index contributed by atoms with van der Waals surface area (Å²) >= 11 is 0. The SMILES string of the molecule is CCCCN=C(NN)N1CCCN(CCO)CC1. The standard InChI is InChI=1S/C12H27N5O/c1-2-3-5-14-12(15-13)17-7-4-6-16(8-9-17)10-11-18/h18H,2-11,13H2,1H3,(H,14,15). The summed E-state index contributed by atoms with van der Waals surface area (Å²) in [5.74, 6) is 6.35. The quantitative estimate of drug-likeness (QED) is 0.205. The number of nitrogens with two attached hydrogens (primary N) is 1. The lowest BCUT2D eigenvalue weighted by atomic mass is 10.3. The van der Waals surface area contributed by atoms with Crippen LogP contribution in [0.5, 0.6) is 0 Å². The summed E-state index contributed by atoms with van der Waals surface area (Å²) in [6.07, 6.45) is 3.32. The molecule has 0 saturated carbocycles. The van der Waals surface area contributed by atoms with Crippen LogP contribution in [0.15, 0.2) is 4.99 Å². The Morgan fingerprint density at radius 3 is 2.83 bits per heavy atom. The normalized spacial score (nSPS) is 18.8. The molecule has 1 aliphatic rings. The molecule has 0 aliphatic carbocycles. The summed E-state index contributed by atoms with van der Waals surface area (Å²) in [5, 5.41) is 8.96. The van der Waals surface area contributed by atoms with E-state index in [1.807, 2.05) is 0 Å². The van der Waals surface area contributed by atoms with Crippen molar-refractivity contribution in [1.29, 1.82) is 0 Å². The summed E-state index contributed by atoms with van der Waals surface area (Å²) in [4.78, 5) is 8.99. The Balaban J connectivity index is 2.46. The summed E-state index contributed by atoms with van der Waals surface area (Å²) in [6.45, 7) is 7.83. The van der Waals surface area contributed by atoms with Crippen LogP contribution in [0.25, 0.3) is 0 Å². The van der Waals surface area contributed by atoms with Gasteiger partial charge in [-0.3, -0.25) is 15.3 Å². The van der Waals surface area contributed by atoms with Crippen LogP contribution in [0, 0.1) is 0 Å². The number of nitrogens with zero attached hydrogens (tertiary/aromatic N) is 3. The van der Waals surface area contributed by atoms with Gasteiger partial charge < -0.3 is 10.0 Å². The van der Waals surface area contributed by atoms with Crippen molar-refractivity contribution in [3.63, 3.8) is 0 Å². The highest BCUT2D eigenvalue weighted by Gasteiger charge is 2.16. The Kier molecular flexibility index (Phi) is 7.71. The third kappa shape index (κ3) is 5.20. The summed E-state index contributed by atoms with van der Waals surface area (Å²) in [7, 11) is 0. The predicted octanol–water partition coefficient (Wildman–Crippen LogP) is -0.394. The molecule has 0 radical (unpaired) electrons. The van der Waals surface area contributed by atoms with E-state index in [0.29, 0.717) is 0 Å². The van der Waals surface area contributed by atoms with E-state index in [0.717, 1.165) is 64.5 Å². The predicted molar refractivity (Wildman–Crippen MR) is 74.2 cm³/mol. The Labute approximate surface area is 110 Å². The number of β-amino-alcohol motifs (C(OH)–C–C–N with tert-alkyl or cyclic N) is 1. The van der Waals surface area contributed by atoms with Crippen LogP contribution in [0.3, 0.4) is 0 Å². The highest BCUT2D eigenvalue weighted by Crippen LogP contribution is 2.03. The minimum atomic E-state index is 0.229. The highest BCUT2D eigenvalue weighted by molar-refractivity contribution is 5.79. The van der Waals surface area contributed by atoms with Gasteiger partial charge in [0.15, 0.2) is 0 Å². The van der Waals surface area contributed by atoms with Crippen LogP contribution in [0.2, 0.25) is 0 Å². The van der Waals surface area contributed by atoms with Crippen LogP contribution in [0.1, 0.15) is 26.2 Å². The van der Waals surface area contributed by atoms with Gasteiger partial charge in [0.1, 0.15) is 0 Å². The zero-order chi connectivity index (χ0) is 13.2. The number of nitrogens with one attached hydrogen (secondary N) is 1. The molecule has 6 heteroatoms. The minimum Gasteiger partial charge on any atom is -0.395 e. The first kappa shape index (κ1) is 15.2. The van der Waals surface area contributed by atoms with Crippen molar-refractivity contribution in [1.82, 2.24) is 15.2 Å². The van der Waals surface area contributed by atoms with Gasteiger partial charge in [-0.05, 0) is 19.4 Å². The maximum atomic E-state index is 8.96. The van der Waals surface area contributed by atoms with Crippen molar-refractivity contribution in [2.45, 2.75) is 26.2 Å². The second-order valence-corrected chi connectivity index (χ2v) is 4.61. The summed E-state index contributed by atoms with van der Waals surface area (Å²) < 4.78 is 0. The number of hydrazine groups is 1. The Morgan fingerprint density at radius 1 is 1.33 bits per heavy atom. The average Bonchev–Trinajstić information content (AvgIpc) is 2.61. The van der Waals surface area contributed by atoms with E-state index in [1.54, 1.807) is 0 Å². The van der Waals surface area contributed by atoms with E-state index < -0.39 is 0 Å². The van der Waals surface area contributed by atoms with Crippen molar-refractivity contribution in [3.8, 4) is 0 Å². The number of aliphatic hydroxyl groups excluding tert-OH is 1. The lowest BCUT2D eigenvalue weighted by molar-refractivity contribution is 0.201. The second kappa shape index (κ2) is 9.13. The van der Waals surface area contributed by atoms with E-state index in [-0.39, 0.29) is 6.61 Å². The van der Waals surface area contributed by atoms with Gasteiger partial charge in [0, 0.05) is 32.7 Å². The van der Waals surface area contributed by atoms with Gasteiger partial charge >= 0.3 is 0 Å². The van der Waals surface area contributed by atoms with Crippen molar-refractivity contribution >= 4 is 5.96 Å². The first-order chi connectivity index (χ1) is 8.81. The van der Waals surface area contributed by atoms with Crippen LogP contribution in [-0.2, 0) is 0 Å². The van der Waals surface area contributed by atoms with Crippen LogP contribution in [0.4, 0.5) is 0 Å². The van der Waals surface area contributed by atoms with E-state index in [2.05, 4.69) is 27.1 Å². The Morgan fingerprint density at radius 2 is 2.17 bits per heavy atom. The molecule has 0 amide bonds. The number of rotatable bonds is 5. The smallest absolute Gasteiger partial charge is 0.208 e. The summed E-state index contributed by atoms with van der Waals surface area (Å²) in [5.41, 5.74) is 2.71. The maximum absolute atomic E-state index is 8.96. The molecule has 0 aromatic carbocycles. The number of aliphatic hydroxyl groups is 1. The van der Waals surface area contributed by atoms with E-state index in [4.69, 9.17) is 10.9 Å². The monoisotopic (exact) mass is 257 g/mol. The molecule has 0 bridgehead atoms. The molecule has 6 nitrogen and oxygen atoms in total. The van der Waals surface area contributed by atoms with Gasteiger partial charge in [0.05, 0.1) is 6.61 Å². The van der Waals surface area contributed by atoms with E-state index in [9.17, 15) is 0 Å². The number of aliphatic imine (C=N–C) groups is 1. The van der Waals surface area contributed by atoms with Gasteiger partial charge in [0.25, 0.3) is 0 Å². The van der Waals surface area contributed by atoms with E-state index in [1.165, 1.54) is 0 Å². The Bertz CT molecular complexity index is 247. The molecule has 4 N–H and O–H groups in total. The molecule has 1 aliphatic heterocycles. The molecular formula is C12H27N5O. The first-order valence-corrected chi connectivity index (χ1v) is 6.91. The lowest BCUT2D eigenvalue weighted by Gasteiger charge is -2.24. The number of hydrogen-bond acceptors (Lipinski definition) is 4. The van der Waals surface area contributed by atoms with Crippen LogP contribution < -0.4 is 11.3 Å². The van der Waals surface area contributed by atoms with E-state index >= 15 is 0 Å². The van der Waals surface area contributed by atoms with Gasteiger partial charge in [-0.15, -0.1) is 0 Å². The van der Waals surface area contributed by atoms with Gasteiger partial charge in [-0.25, -0.2) is 5.84 Å². The molecule has 1 rings (SSSR count). The molecule has 0 aromatic heterocycles. The fourth-order valence-corrected chi connectivity index (χ4v) is 2.13. The molecule has 1 heterocycles. The maximum Gasteiger partial charge on any atom is 0.208 e. The minimum absolute atomic E-state index is 0.229. The van der Waals surface area contributed by atoms with Gasteiger partial charge in [-0.1, -0.05) is 13.3 Å². The third-order valence-corrected chi connectivity index (χ3v) is 3.21. The second-order valence-electron chi connectivity index (χ2n) is 4.61. The fraction of sp³-hybridized carbons (Fsp3) is 0.917. The zero-order valence-electron chi connectivity index (χ0n) is 11.4. The first-order valence-electron chi connectivity index (χ1n) is 6.91. The summed E-state index contributed by atoms with van der Waals surface area (Å²) in [6, 6.07) is 0. The van der Waals surface area contributed by atoms with Gasteiger partial charge in [-0.2, -0.15) is 0 Å². The number of hydrogen-bond donors (Lipinski definition) is 3. The Hall–Kier alpha value is -0.850. The lowest BCUT2D eigenvalue weighted by Crippen LogP contribution is -2.46. The molecule has 0 spiro atoms. The molecule has 0 atom stereocenters. The molecule has 18 heavy (non-hydrogen) atoms. The highest BCUT2D eigenvalue weighted by atomic mass is 16.3. The number of guanidine groups is 1. The third-order valence-electron chi connectivity index (χ3n) is 3.21. The number of unbranched alkanes of at least 4 members (excludes halogenated alkanes) is 1. The molecule has 1 saturated heterocycles. The molecule has 0 aromatic rings. The topological polar surface area (TPSA) is 77.1 Å². The molecule has 106 valence electrons. The molecule has 1 fully saturated rings. The largest absolute Gasteiger partial charge is 0.395 e. The van der Waals surface area contributed by atoms with Crippen molar-refractivity contribution in [3.05, 3.63) is 0 Å². The van der Waals surface area contributed by atoms with Crippen LogP contribution >= 0.6 is 0 Å². The average molecular weight is 257 g/mol.